The number of carbonyl (C=O) groups excluding carboxylic acids is 1. The van der Waals surface area contributed by atoms with Gasteiger partial charge in [0, 0.05) is 17.5 Å². The summed E-state index contributed by atoms with van der Waals surface area (Å²) < 4.78 is 3.91. The van der Waals surface area contributed by atoms with E-state index in [1.807, 2.05) is 0 Å². The van der Waals surface area contributed by atoms with Crippen LogP contribution in [0.2, 0.25) is 0 Å². The highest BCUT2D eigenvalue weighted by Crippen LogP contribution is 2.14. The molecule has 0 aromatic rings. The number of carboxylic acids is 1. The molecule has 0 fully saturated rings. The molecule has 0 radical (unpaired) electrons. The lowest BCUT2D eigenvalue weighted by molar-refractivity contribution is -0.707. The summed E-state index contributed by atoms with van der Waals surface area (Å²) in [5, 5.41) is 19.9. The molecule has 98 valence electrons. The molecule has 0 rings (SSSR count). The second-order valence-corrected chi connectivity index (χ2v) is 4.92. The second-order valence-electron chi connectivity index (χ2n) is 4.20. The summed E-state index contributed by atoms with van der Waals surface area (Å²) in [5.74, 6) is -1.98. The molecule has 0 saturated heterocycles. The predicted octanol–water partition coefficient (Wildman–Crippen LogP) is 0.458. The first kappa shape index (κ1) is 15.5. The molecule has 0 bridgehead atoms. The molecule has 8 nitrogen and oxygen atoms in total. The van der Waals surface area contributed by atoms with Gasteiger partial charge >= 0.3 is 11.1 Å². The van der Waals surface area contributed by atoms with Crippen LogP contribution >= 0.6 is 12.0 Å². The van der Waals surface area contributed by atoms with Crippen molar-refractivity contribution < 1.29 is 24.1 Å². The molecule has 0 aliphatic heterocycles. The third kappa shape index (κ3) is 6.61. The highest BCUT2D eigenvalue weighted by Gasteiger charge is 2.27. The van der Waals surface area contributed by atoms with Gasteiger partial charge in [-0.1, -0.05) is 20.8 Å². The lowest BCUT2D eigenvalue weighted by atomic mass is 9.95. The van der Waals surface area contributed by atoms with Crippen LogP contribution in [0.25, 0.3) is 0 Å². The van der Waals surface area contributed by atoms with Crippen LogP contribution < -0.4 is 5.32 Å². The van der Waals surface area contributed by atoms with Gasteiger partial charge in [-0.15, -0.1) is 10.1 Å². The molecule has 0 heterocycles. The van der Waals surface area contributed by atoms with Crippen molar-refractivity contribution in [1.29, 1.82) is 0 Å². The summed E-state index contributed by atoms with van der Waals surface area (Å²) in [4.78, 5) is 32.2. The Hall–Kier alpha value is -1.51. The summed E-state index contributed by atoms with van der Waals surface area (Å²) in [6.45, 7) is 4.88. The van der Waals surface area contributed by atoms with Gasteiger partial charge in [0.05, 0.1) is 5.75 Å². The molecule has 0 spiro atoms. The van der Waals surface area contributed by atoms with Crippen molar-refractivity contribution in [3.63, 3.8) is 0 Å². The van der Waals surface area contributed by atoms with Crippen molar-refractivity contribution in [2.45, 2.75) is 26.8 Å². The number of hydrogen-bond donors (Lipinski definition) is 2. The summed E-state index contributed by atoms with van der Waals surface area (Å²) in [6, 6.07) is -1.23. The smallest absolute Gasteiger partial charge is 0.327 e. The molecular weight excluding hydrogens is 252 g/mol. The summed E-state index contributed by atoms with van der Waals surface area (Å²) in [7, 11) is 0. The Balaban J connectivity index is 4.31. The van der Waals surface area contributed by atoms with Crippen molar-refractivity contribution in [3.05, 3.63) is 10.1 Å². The zero-order chi connectivity index (χ0) is 13.6. The lowest BCUT2D eigenvalue weighted by Crippen LogP contribution is -2.47. The van der Waals surface area contributed by atoms with E-state index in [1.165, 1.54) is 0 Å². The van der Waals surface area contributed by atoms with Gasteiger partial charge in [-0.3, -0.25) is 4.79 Å². The van der Waals surface area contributed by atoms with E-state index < -0.39 is 28.4 Å². The first-order chi connectivity index (χ1) is 7.64. The molecule has 0 aromatic heterocycles. The average Bonchev–Trinajstić information content (AvgIpc) is 2.13. The fourth-order valence-corrected chi connectivity index (χ4v) is 1.20. The fraction of sp³-hybridized carbons (Fsp3) is 0.750. The zero-order valence-electron chi connectivity index (χ0n) is 9.63. The molecule has 0 aliphatic carbocycles. The van der Waals surface area contributed by atoms with Crippen LogP contribution in [0.15, 0.2) is 0 Å². The number of amides is 1. The maximum absolute atomic E-state index is 11.5. The van der Waals surface area contributed by atoms with Crippen LogP contribution in [0.1, 0.15) is 20.8 Å². The van der Waals surface area contributed by atoms with Gasteiger partial charge in [0.2, 0.25) is 5.91 Å². The molecule has 9 heteroatoms. The van der Waals surface area contributed by atoms with E-state index in [9.17, 15) is 19.7 Å². The van der Waals surface area contributed by atoms with Crippen molar-refractivity contribution in [2.75, 3.05) is 5.75 Å². The van der Waals surface area contributed by atoms with E-state index in [4.69, 9.17) is 5.11 Å². The minimum Gasteiger partial charge on any atom is -0.480 e. The van der Waals surface area contributed by atoms with E-state index in [0.29, 0.717) is 12.0 Å². The van der Waals surface area contributed by atoms with Crippen molar-refractivity contribution in [3.8, 4) is 0 Å². The van der Waals surface area contributed by atoms with Crippen LogP contribution in [-0.4, -0.2) is 33.9 Å². The van der Waals surface area contributed by atoms with Gasteiger partial charge in [-0.25, -0.2) is 9.08 Å². The summed E-state index contributed by atoms with van der Waals surface area (Å²) in [6.07, 6.45) is 0. The molecule has 1 amide bonds. The van der Waals surface area contributed by atoms with E-state index in [2.05, 4.69) is 9.60 Å². The lowest BCUT2D eigenvalue weighted by Gasteiger charge is -2.21. The van der Waals surface area contributed by atoms with Gasteiger partial charge in [-0.2, -0.15) is 0 Å². The molecule has 0 aliphatic rings. The second kappa shape index (κ2) is 6.28. The van der Waals surface area contributed by atoms with E-state index in [1.54, 1.807) is 20.8 Å². The van der Waals surface area contributed by atoms with Crippen LogP contribution in [-0.2, 0) is 13.9 Å². The Morgan fingerprint density at radius 3 is 2.41 bits per heavy atom. The van der Waals surface area contributed by atoms with Gasteiger partial charge < -0.3 is 10.4 Å². The molecule has 2 N–H and O–H groups in total. The molecular formula is C8H14N2O6S. The maximum Gasteiger partial charge on any atom is 0.327 e. The minimum atomic E-state index is -1.28. The predicted molar refractivity (Wildman–Crippen MR) is 59.6 cm³/mol. The first-order valence-electron chi connectivity index (χ1n) is 4.62. The summed E-state index contributed by atoms with van der Waals surface area (Å²) in [5.41, 5.74) is -0.734. The Morgan fingerprint density at radius 2 is 2.06 bits per heavy atom. The highest BCUT2D eigenvalue weighted by molar-refractivity contribution is 7.94. The SMILES string of the molecule is CC(C)(C)C(=O)N[C@@H](CSO[N+](=O)[O-])C(=O)O. The number of rotatable bonds is 6. The number of nitrogens with one attached hydrogen (secondary N) is 1. The van der Waals surface area contributed by atoms with Gasteiger partial charge in [0.25, 0.3) is 0 Å². The standard InChI is InChI=1S/C8H14N2O6S/c1-8(2,3)7(13)9-5(6(11)12)4-17-16-10(14)15/h5H,4H2,1-3H3,(H,9,13)(H,11,12)/t5-/m0/s1. The van der Waals surface area contributed by atoms with E-state index in [0.717, 1.165) is 0 Å². The third-order valence-electron chi connectivity index (χ3n) is 1.63. The average molecular weight is 266 g/mol. The number of aliphatic carboxylic acids is 1. The van der Waals surface area contributed by atoms with Gasteiger partial charge in [-0.05, 0) is 0 Å². The van der Waals surface area contributed by atoms with Crippen LogP contribution in [0, 0.1) is 15.5 Å². The highest BCUT2D eigenvalue weighted by atomic mass is 32.2. The Morgan fingerprint density at radius 1 is 1.53 bits per heavy atom. The summed E-state index contributed by atoms with van der Waals surface area (Å²) >= 11 is 0.356. The Kier molecular flexibility index (Phi) is 5.72. The zero-order valence-corrected chi connectivity index (χ0v) is 10.4. The largest absolute Gasteiger partial charge is 0.480 e. The van der Waals surface area contributed by atoms with Crippen LogP contribution in [0.3, 0.4) is 0 Å². The van der Waals surface area contributed by atoms with Crippen molar-refractivity contribution in [2.24, 2.45) is 5.41 Å². The van der Waals surface area contributed by atoms with Crippen LogP contribution in [0.5, 0.6) is 0 Å². The fourth-order valence-electron chi connectivity index (χ4n) is 0.691. The molecule has 0 saturated carbocycles. The first-order valence-corrected chi connectivity index (χ1v) is 5.53. The van der Waals surface area contributed by atoms with Crippen LogP contribution in [0.4, 0.5) is 0 Å². The normalized spacial score (nSPS) is 12.6. The Labute approximate surface area is 102 Å². The number of carbonyl (C=O) groups is 2. The monoisotopic (exact) mass is 266 g/mol. The number of hydrogen-bond acceptors (Lipinski definition) is 6. The molecule has 1 atom stereocenters. The van der Waals surface area contributed by atoms with Gasteiger partial charge in [0.15, 0.2) is 0 Å². The molecule has 17 heavy (non-hydrogen) atoms. The molecule has 0 aromatic carbocycles. The van der Waals surface area contributed by atoms with E-state index >= 15 is 0 Å². The topological polar surface area (TPSA) is 119 Å². The van der Waals surface area contributed by atoms with E-state index in [-0.39, 0.29) is 5.75 Å². The van der Waals surface area contributed by atoms with Gasteiger partial charge in [0.1, 0.15) is 6.04 Å². The number of nitrogens with zero attached hydrogens (tertiary/aromatic N) is 1. The van der Waals surface area contributed by atoms with Crippen molar-refractivity contribution in [1.82, 2.24) is 5.32 Å². The quantitative estimate of drug-likeness (QED) is 0.407. The number of carboxylic acid groups (broad SMARTS) is 1. The maximum atomic E-state index is 11.5. The molecule has 0 unspecified atom stereocenters. The van der Waals surface area contributed by atoms with Crippen molar-refractivity contribution >= 4 is 23.9 Å². The Bertz CT molecular complexity index is 314. The third-order valence-corrected chi connectivity index (χ3v) is 2.33. The minimum absolute atomic E-state index is 0.252.